The molecule has 1 fully saturated rings. The van der Waals surface area contributed by atoms with Crippen LogP contribution in [-0.4, -0.2) is 23.8 Å². The van der Waals surface area contributed by atoms with Crippen molar-refractivity contribution in [2.75, 3.05) is 6.54 Å². The van der Waals surface area contributed by atoms with Gasteiger partial charge < -0.3 is 10.4 Å². The summed E-state index contributed by atoms with van der Waals surface area (Å²) < 4.78 is 0. The summed E-state index contributed by atoms with van der Waals surface area (Å²) in [5, 5.41) is 13.6. The van der Waals surface area contributed by atoms with Gasteiger partial charge in [0.15, 0.2) is 0 Å². The monoisotopic (exact) mass is 203 g/mol. The Bertz CT molecular complexity index is 172. The molecule has 0 aliphatic heterocycles. The first kappa shape index (κ1) is 11.0. The molecule has 0 spiro atoms. The molecule has 3 heteroatoms. The zero-order chi connectivity index (χ0) is 9.68. The smallest absolute Gasteiger partial charge is 0.0693 e. The molecule has 1 aliphatic carbocycles. The predicted molar refractivity (Wildman–Crippen MR) is 55.9 cm³/mol. The number of hydrogen-bond acceptors (Lipinski definition) is 2. The van der Waals surface area contributed by atoms with Crippen molar-refractivity contribution in [1.82, 2.24) is 5.32 Å². The molecule has 2 unspecified atom stereocenters. The molecule has 0 aromatic carbocycles. The van der Waals surface area contributed by atoms with E-state index in [9.17, 15) is 5.11 Å². The van der Waals surface area contributed by atoms with E-state index < -0.39 is 0 Å². The standard InChI is InChI=1S/C10H18ClNO/c1-8(11)7-12-9-5-3-2-4-6-10(9)13/h9-10,12-13H,1-7H2. The zero-order valence-corrected chi connectivity index (χ0v) is 8.69. The molecule has 2 N–H and O–H groups in total. The first-order valence-electron chi connectivity index (χ1n) is 4.95. The predicted octanol–water partition coefficient (Wildman–Crippen LogP) is 2.02. The number of rotatable bonds is 3. The molecule has 0 amide bonds. The Kier molecular flexibility index (Phi) is 4.78. The van der Waals surface area contributed by atoms with Gasteiger partial charge in [-0.25, -0.2) is 0 Å². The molecule has 0 saturated heterocycles. The van der Waals surface area contributed by atoms with Crippen molar-refractivity contribution in [2.45, 2.75) is 44.2 Å². The van der Waals surface area contributed by atoms with Crippen LogP contribution in [0.25, 0.3) is 0 Å². The highest BCUT2D eigenvalue weighted by Gasteiger charge is 2.20. The van der Waals surface area contributed by atoms with E-state index >= 15 is 0 Å². The third-order valence-electron chi connectivity index (χ3n) is 2.54. The summed E-state index contributed by atoms with van der Waals surface area (Å²) in [5.74, 6) is 0. The van der Waals surface area contributed by atoms with E-state index in [1.807, 2.05) is 0 Å². The average Bonchev–Trinajstić information content (AvgIpc) is 2.27. The van der Waals surface area contributed by atoms with E-state index in [0.717, 1.165) is 19.3 Å². The highest BCUT2D eigenvalue weighted by Crippen LogP contribution is 2.18. The van der Waals surface area contributed by atoms with Crippen LogP contribution in [0, 0.1) is 0 Å². The molecule has 1 rings (SSSR count). The van der Waals surface area contributed by atoms with Crippen LogP contribution in [0.4, 0.5) is 0 Å². The summed E-state index contributed by atoms with van der Waals surface area (Å²) in [5.41, 5.74) is 0. The summed E-state index contributed by atoms with van der Waals surface area (Å²) >= 11 is 5.65. The van der Waals surface area contributed by atoms with Crippen LogP contribution in [0.3, 0.4) is 0 Å². The van der Waals surface area contributed by atoms with Crippen molar-refractivity contribution in [3.8, 4) is 0 Å². The third-order valence-corrected chi connectivity index (χ3v) is 2.67. The van der Waals surface area contributed by atoms with Gasteiger partial charge in [-0.15, -0.1) is 0 Å². The van der Waals surface area contributed by atoms with Gasteiger partial charge in [0, 0.05) is 17.6 Å². The van der Waals surface area contributed by atoms with Gasteiger partial charge in [0.1, 0.15) is 0 Å². The fourth-order valence-corrected chi connectivity index (χ4v) is 1.85. The van der Waals surface area contributed by atoms with Crippen molar-refractivity contribution in [3.63, 3.8) is 0 Å². The first-order valence-corrected chi connectivity index (χ1v) is 5.32. The van der Waals surface area contributed by atoms with Crippen LogP contribution in [0.5, 0.6) is 0 Å². The molecule has 0 bridgehead atoms. The van der Waals surface area contributed by atoms with Crippen molar-refractivity contribution in [1.29, 1.82) is 0 Å². The second kappa shape index (κ2) is 5.63. The van der Waals surface area contributed by atoms with Gasteiger partial charge >= 0.3 is 0 Å². The highest BCUT2D eigenvalue weighted by molar-refractivity contribution is 6.29. The van der Waals surface area contributed by atoms with E-state index in [0.29, 0.717) is 11.6 Å². The average molecular weight is 204 g/mol. The molecule has 1 saturated carbocycles. The number of nitrogens with one attached hydrogen (secondary N) is 1. The van der Waals surface area contributed by atoms with Crippen molar-refractivity contribution >= 4 is 11.6 Å². The molecule has 13 heavy (non-hydrogen) atoms. The van der Waals surface area contributed by atoms with E-state index in [2.05, 4.69) is 11.9 Å². The maximum absolute atomic E-state index is 9.73. The van der Waals surface area contributed by atoms with Crippen LogP contribution in [0.15, 0.2) is 11.6 Å². The quantitative estimate of drug-likeness (QED) is 0.688. The van der Waals surface area contributed by atoms with E-state index in [1.165, 1.54) is 12.8 Å². The summed E-state index contributed by atoms with van der Waals surface area (Å²) in [6.45, 7) is 4.21. The summed E-state index contributed by atoms with van der Waals surface area (Å²) in [6, 6.07) is 0.206. The molecule has 0 aromatic rings. The minimum atomic E-state index is -0.210. The number of aliphatic hydroxyl groups is 1. The molecule has 1 aliphatic rings. The Morgan fingerprint density at radius 2 is 2.08 bits per heavy atom. The van der Waals surface area contributed by atoms with Crippen LogP contribution >= 0.6 is 11.6 Å². The number of aliphatic hydroxyl groups excluding tert-OH is 1. The minimum absolute atomic E-state index is 0.206. The Hall–Kier alpha value is -0.0500. The van der Waals surface area contributed by atoms with Crippen molar-refractivity contribution in [3.05, 3.63) is 11.6 Å². The number of halogens is 1. The molecule has 2 atom stereocenters. The lowest BCUT2D eigenvalue weighted by Crippen LogP contribution is -2.39. The second-order valence-electron chi connectivity index (χ2n) is 3.71. The van der Waals surface area contributed by atoms with Crippen molar-refractivity contribution < 1.29 is 5.11 Å². The molecule has 76 valence electrons. The summed E-state index contributed by atoms with van der Waals surface area (Å²) in [6.07, 6.45) is 5.32. The Balaban J connectivity index is 2.31. The van der Waals surface area contributed by atoms with Crippen LogP contribution in [0.1, 0.15) is 32.1 Å². The lowest BCUT2D eigenvalue weighted by molar-refractivity contribution is 0.122. The topological polar surface area (TPSA) is 32.3 Å². The molecular formula is C10H18ClNO. The third kappa shape index (κ3) is 4.12. The lowest BCUT2D eigenvalue weighted by Gasteiger charge is -2.21. The molecule has 2 nitrogen and oxygen atoms in total. The van der Waals surface area contributed by atoms with E-state index in [-0.39, 0.29) is 12.1 Å². The fraction of sp³-hybridized carbons (Fsp3) is 0.800. The normalized spacial score (nSPS) is 29.7. The van der Waals surface area contributed by atoms with Crippen LogP contribution in [-0.2, 0) is 0 Å². The van der Waals surface area contributed by atoms with E-state index in [1.54, 1.807) is 0 Å². The SMILES string of the molecule is C=C(Cl)CNC1CCCCCC1O. The minimum Gasteiger partial charge on any atom is -0.392 e. The van der Waals surface area contributed by atoms with Gasteiger partial charge in [-0.2, -0.15) is 0 Å². The largest absolute Gasteiger partial charge is 0.392 e. The Morgan fingerprint density at radius 3 is 2.77 bits per heavy atom. The Morgan fingerprint density at radius 1 is 1.38 bits per heavy atom. The second-order valence-corrected chi connectivity index (χ2v) is 4.24. The maximum Gasteiger partial charge on any atom is 0.0693 e. The van der Waals surface area contributed by atoms with Crippen molar-refractivity contribution in [2.24, 2.45) is 0 Å². The lowest BCUT2D eigenvalue weighted by atomic mass is 10.1. The van der Waals surface area contributed by atoms with Crippen LogP contribution < -0.4 is 5.32 Å². The van der Waals surface area contributed by atoms with Gasteiger partial charge in [0.2, 0.25) is 0 Å². The van der Waals surface area contributed by atoms with E-state index in [4.69, 9.17) is 11.6 Å². The number of hydrogen-bond donors (Lipinski definition) is 2. The Labute approximate surface area is 85.0 Å². The summed E-state index contributed by atoms with van der Waals surface area (Å²) in [7, 11) is 0. The molecular weight excluding hydrogens is 186 g/mol. The highest BCUT2D eigenvalue weighted by atomic mass is 35.5. The van der Waals surface area contributed by atoms with Gasteiger partial charge in [-0.05, 0) is 12.8 Å². The molecule has 0 radical (unpaired) electrons. The first-order chi connectivity index (χ1) is 6.20. The van der Waals surface area contributed by atoms with Gasteiger partial charge in [0.05, 0.1) is 6.10 Å². The van der Waals surface area contributed by atoms with Gasteiger partial charge in [-0.3, -0.25) is 0 Å². The summed E-state index contributed by atoms with van der Waals surface area (Å²) in [4.78, 5) is 0. The molecule has 0 heterocycles. The molecule has 0 aromatic heterocycles. The van der Waals surface area contributed by atoms with Gasteiger partial charge in [-0.1, -0.05) is 37.4 Å². The van der Waals surface area contributed by atoms with Crippen LogP contribution in [0.2, 0.25) is 0 Å². The fourth-order valence-electron chi connectivity index (χ4n) is 1.77. The maximum atomic E-state index is 9.73. The van der Waals surface area contributed by atoms with Gasteiger partial charge in [0.25, 0.3) is 0 Å². The zero-order valence-electron chi connectivity index (χ0n) is 7.93.